The largest absolute Gasteiger partial charge is 0.313 e. The predicted molar refractivity (Wildman–Crippen MR) is 77.3 cm³/mol. The van der Waals surface area contributed by atoms with Crippen molar-refractivity contribution in [1.29, 1.82) is 0 Å². The number of benzene rings is 1. The van der Waals surface area contributed by atoms with E-state index >= 15 is 0 Å². The number of hydrogen-bond donors (Lipinski definition) is 0. The summed E-state index contributed by atoms with van der Waals surface area (Å²) >= 11 is 0. The standard InChI is InChI=1S/C18H14F6/c19-16(20)7-10-3-1-2-4-12(10)13-6-5-11-8-17(21,22)18(23,24)9-14(11)15(13)16/h1-6,14-15H,7-9H2. The lowest BCUT2D eigenvalue weighted by atomic mass is 9.62. The maximum atomic E-state index is 14.7. The maximum absolute atomic E-state index is 14.7. The lowest BCUT2D eigenvalue weighted by molar-refractivity contribution is -0.233. The molecule has 0 N–H and O–H groups in total. The first kappa shape index (κ1) is 15.8. The molecule has 2 unspecified atom stereocenters. The molecule has 3 aliphatic carbocycles. The molecule has 0 radical (unpaired) electrons. The van der Waals surface area contributed by atoms with E-state index in [4.69, 9.17) is 0 Å². The molecule has 1 aromatic carbocycles. The van der Waals surface area contributed by atoms with Gasteiger partial charge in [-0.3, -0.25) is 0 Å². The SMILES string of the molecule is FC1(F)Cc2ccccc2C2=CC=C3CC(F)(F)C(F)(F)CC3C21. The van der Waals surface area contributed by atoms with Gasteiger partial charge in [-0.2, -0.15) is 17.6 Å². The molecule has 128 valence electrons. The average molecular weight is 344 g/mol. The van der Waals surface area contributed by atoms with Crippen LogP contribution in [0.25, 0.3) is 5.57 Å². The van der Waals surface area contributed by atoms with Gasteiger partial charge >= 0.3 is 11.8 Å². The molecule has 1 saturated carbocycles. The highest BCUT2D eigenvalue weighted by molar-refractivity contribution is 5.76. The quantitative estimate of drug-likeness (QED) is 0.545. The van der Waals surface area contributed by atoms with Crippen LogP contribution in [0, 0.1) is 11.8 Å². The van der Waals surface area contributed by atoms with Crippen LogP contribution in [0.5, 0.6) is 0 Å². The summed E-state index contributed by atoms with van der Waals surface area (Å²) in [5, 5.41) is 0. The smallest absolute Gasteiger partial charge is 0.206 e. The average Bonchev–Trinajstić information content (AvgIpc) is 2.46. The first-order chi connectivity index (χ1) is 11.1. The van der Waals surface area contributed by atoms with Gasteiger partial charge < -0.3 is 0 Å². The van der Waals surface area contributed by atoms with Gasteiger partial charge in [0.2, 0.25) is 0 Å². The molecule has 0 nitrogen and oxygen atoms in total. The number of alkyl halides is 6. The van der Waals surface area contributed by atoms with Crippen LogP contribution < -0.4 is 0 Å². The fourth-order valence-corrected chi connectivity index (χ4v) is 4.20. The normalized spacial score (nSPS) is 31.9. The minimum atomic E-state index is -4.27. The molecule has 0 amide bonds. The third-order valence-corrected chi connectivity index (χ3v) is 5.34. The zero-order valence-electron chi connectivity index (χ0n) is 12.5. The Kier molecular flexibility index (Phi) is 3.07. The highest BCUT2D eigenvalue weighted by Gasteiger charge is 2.64. The molecule has 1 aromatic rings. The summed E-state index contributed by atoms with van der Waals surface area (Å²) in [6.45, 7) is 0. The summed E-state index contributed by atoms with van der Waals surface area (Å²) in [5.41, 5.74) is 1.33. The van der Waals surface area contributed by atoms with Crippen molar-refractivity contribution in [3.63, 3.8) is 0 Å². The van der Waals surface area contributed by atoms with Gasteiger partial charge in [0.1, 0.15) is 0 Å². The van der Waals surface area contributed by atoms with Crippen LogP contribution in [0.1, 0.15) is 24.0 Å². The van der Waals surface area contributed by atoms with E-state index < -0.39 is 48.9 Å². The predicted octanol–water partition coefficient (Wildman–Crippen LogP) is 5.50. The number of allylic oxidation sites excluding steroid dienone is 4. The summed E-state index contributed by atoms with van der Waals surface area (Å²) in [6, 6.07) is 6.61. The van der Waals surface area contributed by atoms with E-state index in [0.29, 0.717) is 11.1 Å². The Morgan fingerprint density at radius 3 is 2.29 bits per heavy atom. The van der Waals surface area contributed by atoms with Crippen molar-refractivity contribution in [1.82, 2.24) is 0 Å². The summed E-state index contributed by atoms with van der Waals surface area (Å²) in [5.74, 6) is -14.4. The van der Waals surface area contributed by atoms with Gasteiger partial charge in [-0.15, -0.1) is 0 Å². The molecule has 4 rings (SSSR count). The van der Waals surface area contributed by atoms with Crippen molar-refractivity contribution in [2.24, 2.45) is 11.8 Å². The molecule has 3 aliphatic rings. The van der Waals surface area contributed by atoms with Crippen molar-refractivity contribution in [3.05, 3.63) is 53.1 Å². The minimum absolute atomic E-state index is 0.00117. The van der Waals surface area contributed by atoms with Crippen LogP contribution in [0.15, 0.2) is 42.0 Å². The number of fused-ring (bicyclic) bond motifs is 5. The second-order valence-electron chi connectivity index (χ2n) is 6.83. The first-order valence-corrected chi connectivity index (χ1v) is 7.75. The van der Waals surface area contributed by atoms with Gasteiger partial charge in [0.25, 0.3) is 5.92 Å². The van der Waals surface area contributed by atoms with E-state index in [-0.39, 0.29) is 11.1 Å². The van der Waals surface area contributed by atoms with Crippen LogP contribution in [0.2, 0.25) is 0 Å². The van der Waals surface area contributed by atoms with Gasteiger partial charge in [-0.1, -0.05) is 42.0 Å². The summed E-state index contributed by atoms with van der Waals surface area (Å²) in [6.07, 6.45) is -0.231. The van der Waals surface area contributed by atoms with Crippen molar-refractivity contribution in [3.8, 4) is 0 Å². The summed E-state index contributed by atoms with van der Waals surface area (Å²) in [4.78, 5) is 0. The second kappa shape index (κ2) is 4.67. The van der Waals surface area contributed by atoms with E-state index in [1.165, 1.54) is 12.2 Å². The lowest BCUT2D eigenvalue weighted by Gasteiger charge is -2.47. The molecule has 0 spiro atoms. The molecular formula is C18H14F6. The molecule has 24 heavy (non-hydrogen) atoms. The molecule has 0 heterocycles. The highest BCUT2D eigenvalue weighted by Crippen LogP contribution is 2.59. The van der Waals surface area contributed by atoms with Crippen LogP contribution in [-0.2, 0) is 6.42 Å². The minimum Gasteiger partial charge on any atom is -0.206 e. The second-order valence-corrected chi connectivity index (χ2v) is 6.83. The Bertz CT molecular complexity index is 759. The van der Waals surface area contributed by atoms with Gasteiger partial charge in [0.05, 0.1) is 5.92 Å². The van der Waals surface area contributed by atoms with Gasteiger partial charge in [0, 0.05) is 19.3 Å². The van der Waals surface area contributed by atoms with Gasteiger partial charge in [0.15, 0.2) is 0 Å². The van der Waals surface area contributed by atoms with E-state index in [2.05, 4.69) is 0 Å². The molecule has 0 aromatic heterocycles. The highest BCUT2D eigenvalue weighted by atomic mass is 19.3. The number of halogens is 6. The summed E-state index contributed by atoms with van der Waals surface area (Å²) < 4.78 is 84.3. The van der Waals surface area contributed by atoms with Crippen molar-refractivity contribution in [2.75, 3.05) is 0 Å². The third-order valence-electron chi connectivity index (χ3n) is 5.34. The molecule has 0 aliphatic heterocycles. The molecule has 1 fully saturated rings. The summed E-state index contributed by atoms with van der Waals surface area (Å²) in [7, 11) is 0. The molecule has 2 atom stereocenters. The Labute approximate surface area is 134 Å². The molecule has 0 bridgehead atoms. The Balaban J connectivity index is 1.86. The van der Waals surface area contributed by atoms with E-state index in [1.54, 1.807) is 24.3 Å². The fraction of sp³-hybridized carbons (Fsp3) is 0.444. The van der Waals surface area contributed by atoms with E-state index in [1.807, 2.05) is 0 Å². The third kappa shape index (κ3) is 2.07. The Morgan fingerprint density at radius 2 is 1.54 bits per heavy atom. The zero-order chi connectivity index (χ0) is 17.3. The zero-order valence-corrected chi connectivity index (χ0v) is 12.5. The maximum Gasteiger partial charge on any atom is 0.313 e. The van der Waals surface area contributed by atoms with Crippen LogP contribution >= 0.6 is 0 Å². The molecule has 0 saturated heterocycles. The number of rotatable bonds is 0. The number of hydrogen-bond acceptors (Lipinski definition) is 0. The van der Waals surface area contributed by atoms with Crippen LogP contribution in [0.4, 0.5) is 26.3 Å². The first-order valence-electron chi connectivity index (χ1n) is 7.75. The van der Waals surface area contributed by atoms with E-state index in [9.17, 15) is 26.3 Å². The molecule has 6 heteroatoms. The van der Waals surface area contributed by atoms with Crippen LogP contribution in [-0.4, -0.2) is 17.8 Å². The topological polar surface area (TPSA) is 0 Å². The lowest BCUT2D eigenvalue weighted by Crippen LogP contribution is -2.52. The van der Waals surface area contributed by atoms with Gasteiger partial charge in [-0.25, -0.2) is 8.78 Å². The Hall–Kier alpha value is -1.72. The molecular weight excluding hydrogens is 330 g/mol. The van der Waals surface area contributed by atoms with Crippen LogP contribution in [0.3, 0.4) is 0 Å². The van der Waals surface area contributed by atoms with Crippen molar-refractivity contribution in [2.45, 2.75) is 37.0 Å². The fourth-order valence-electron chi connectivity index (χ4n) is 4.20. The van der Waals surface area contributed by atoms with Gasteiger partial charge in [-0.05, 0) is 22.6 Å². The van der Waals surface area contributed by atoms with Crippen molar-refractivity contribution >= 4 is 5.57 Å². The monoisotopic (exact) mass is 344 g/mol. The van der Waals surface area contributed by atoms with Crippen molar-refractivity contribution < 1.29 is 26.3 Å². The van der Waals surface area contributed by atoms with E-state index in [0.717, 1.165) is 0 Å². The Morgan fingerprint density at radius 1 is 0.833 bits per heavy atom.